The number of hydrogen-bond acceptors (Lipinski definition) is 4. The molecule has 118 valence electrons. The highest BCUT2D eigenvalue weighted by Crippen LogP contribution is 2.27. The number of carbonyl (C=O) groups excluding carboxylic acids is 1. The van der Waals surface area contributed by atoms with Crippen LogP contribution in [0.15, 0.2) is 46.7 Å². The lowest BCUT2D eigenvalue weighted by Gasteiger charge is -2.15. The Balaban J connectivity index is 1.90. The molecule has 1 atom stereocenters. The van der Waals surface area contributed by atoms with Crippen molar-refractivity contribution in [3.05, 3.63) is 52.2 Å². The van der Waals surface area contributed by atoms with Gasteiger partial charge in [0.15, 0.2) is 0 Å². The maximum Gasteiger partial charge on any atom is 0.252 e. The van der Waals surface area contributed by atoms with Crippen LogP contribution in [0.25, 0.3) is 0 Å². The first-order valence-electron chi connectivity index (χ1n) is 7.31. The van der Waals surface area contributed by atoms with E-state index in [0.29, 0.717) is 12.5 Å². The first-order valence-corrected chi connectivity index (χ1v) is 9.42. The van der Waals surface area contributed by atoms with E-state index in [4.69, 9.17) is 0 Å². The zero-order valence-electron chi connectivity index (χ0n) is 12.6. The van der Waals surface area contributed by atoms with Crippen LogP contribution in [0, 0.1) is 0 Å². The van der Waals surface area contributed by atoms with Crippen molar-refractivity contribution in [1.82, 2.24) is 5.32 Å². The van der Waals surface area contributed by atoms with Crippen molar-refractivity contribution in [2.45, 2.75) is 23.7 Å². The molecule has 1 amide bonds. The van der Waals surface area contributed by atoms with Crippen LogP contribution in [0.4, 0.5) is 0 Å². The number of thiophene rings is 1. The summed E-state index contributed by atoms with van der Waals surface area (Å²) < 4.78 is 0. The molecule has 2 aromatic rings. The molecule has 1 aromatic carbocycles. The monoisotopic (exact) mass is 335 g/mol. The standard InChI is InChI=1S/C17H21NO2S2/c1-21-16-6-3-2-5-14(16)17(20)18-10-8-13(9-11-19)15-7-4-12-22-15/h2-7,12-13,19H,8-11H2,1H3,(H,18,20)/t13-/m0/s1. The number of hydrogen-bond donors (Lipinski definition) is 2. The fraction of sp³-hybridized carbons (Fsp3) is 0.353. The molecule has 0 aliphatic rings. The molecular formula is C17H21NO2S2. The van der Waals surface area contributed by atoms with Crippen molar-refractivity contribution in [3.63, 3.8) is 0 Å². The van der Waals surface area contributed by atoms with Gasteiger partial charge in [-0.05, 0) is 48.6 Å². The second kappa shape index (κ2) is 8.98. The fourth-order valence-corrected chi connectivity index (χ4v) is 3.89. The molecule has 22 heavy (non-hydrogen) atoms. The van der Waals surface area contributed by atoms with Gasteiger partial charge in [0.1, 0.15) is 0 Å². The normalized spacial score (nSPS) is 12.1. The van der Waals surface area contributed by atoms with Gasteiger partial charge < -0.3 is 10.4 Å². The average molecular weight is 335 g/mol. The number of carbonyl (C=O) groups is 1. The summed E-state index contributed by atoms with van der Waals surface area (Å²) in [7, 11) is 0. The molecule has 2 rings (SSSR count). The van der Waals surface area contributed by atoms with E-state index in [0.717, 1.165) is 23.3 Å². The molecular weight excluding hydrogens is 314 g/mol. The van der Waals surface area contributed by atoms with Crippen LogP contribution in [0.5, 0.6) is 0 Å². The lowest BCUT2D eigenvalue weighted by atomic mass is 10.00. The van der Waals surface area contributed by atoms with E-state index in [9.17, 15) is 9.90 Å². The second-order valence-corrected chi connectivity index (χ2v) is 6.80. The summed E-state index contributed by atoms with van der Waals surface area (Å²) in [5.41, 5.74) is 0.727. The number of nitrogens with one attached hydrogen (secondary N) is 1. The van der Waals surface area contributed by atoms with Crippen molar-refractivity contribution in [2.24, 2.45) is 0 Å². The summed E-state index contributed by atoms with van der Waals surface area (Å²) >= 11 is 3.28. The Kier molecular flexibility index (Phi) is 6.96. The average Bonchev–Trinajstić information content (AvgIpc) is 3.08. The molecule has 0 saturated heterocycles. The lowest BCUT2D eigenvalue weighted by molar-refractivity contribution is 0.0949. The van der Waals surface area contributed by atoms with Gasteiger partial charge in [-0.2, -0.15) is 0 Å². The van der Waals surface area contributed by atoms with Crippen molar-refractivity contribution in [3.8, 4) is 0 Å². The van der Waals surface area contributed by atoms with Crippen LogP contribution in [0.1, 0.15) is 34.0 Å². The van der Waals surface area contributed by atoms with Crippen LogP contribution in [0.3, 0.4) is 0 Å². The van der Waals surface area contributed by atoms with Crippen LogP contribution in [0.2, 0.25) is 0 Å². The van der Waals surface area contributed by atoms with Gasteiger partial charge in [-0.15, -0.1) is 23.1 Å². The summed E-state index contributed by atoms with van der Waals surface area (Å²) in [5, 5.41) is 14.2. The SMILES string of the molecule is CSc1ccccc1C(=O)NCC[C@@H](CCO)c1cccs1. The molecule has 3 nitrogen and oxygen atoms in total. The molecule has 0 spiro atoms. The molecule has 0 aliphatic carbocycles. The van der Waals surface area contributed by atoms with E-state index < -0.39 is 0 Å². The molecule has 0 radical (unpaired) electrons. The molecule has 1 heterocycles. The number of aliphatic hydroxyl groups is 1. The topological polar surface area (TPSA) is 49.3 Å². The number of aliphatic hydroxyl groups excluding tert-OH is 1. The maximum atomic E-state index is 12.3. The summed E-state index contributed by atoms with van der Waals surface area (Å²) in [6, 6.07) is 11.8. The van der Waals surface area contributed by atoms with Crippen molar-refractivity contribution >= 4 is 29.0 Å². The fourth-order valence-electron chi connectivity index (χ4n) is 2.40. The van der Waals surface area contributed by atoms with E-state index in [-0.39, 0.29) is 12.5 Å². The molecule has 5 heteroatoms. The van der Waals surface area contributed by atoms with Gasteiger partial charge >= 0.3 is 0 Å². The van der Waals surface area contributed by atoms with Gasteiger partial charge in [-0.3, -0.25) is 4.79 Å². The highest BCUT2D eigenvalue weighted by Gasteiger charge is 2.14. The Labute approximate surface area is 139 Å². The summed E-state index contributed by atoms with van der Waals surface area (Å²) in [6.07, 6.45) is 3.55. The minimum absolute atomic E-state index is 0.0288. The zero-order chi connectivity index (χ0) is 15.8. The Morgan fingerprint density at radius 2 is 2.09 bits per heavy atom. The van der Waals surface area contributed by atoms with Crippen molar-refractivity contribution in [2.75, 3.05) is 19.4 Å². The van der Waals surface area contributed by atoms with Crippen molar-refractivity contribution < 1.29 is 9.90 Å². The van der Waals surface area contributed by atoms with Crippen molar-refractivity contribution in [1.29, 1.82) is 0 Å². The van der Waals surface area contributed by atoms with E-state index in [1.807, 2.05) is 42.0 Å². The number of thioether (sulfide) groups is 1. The third-order valence-electron chi connectivity index (χ3n) is 3.55. The number of rotatable bonds is 8. The van der Waals surface area contributed by atoms with E-state index in [2.05, 4.69) is 11.4 Å². The first-order chi connectivity index (χ1) is 10.8. The smallest absolute Gasteiger partial charge is 0.252 e. The Bertz CT molecular complexity index is 584. The van der Waals surface area contributed by atoms with Gasteiger partial charge in [0, 0.05) is 22.9 Å². The minimum atomic E-state index is -0.0288. The number of benzene rings is 1. The van der Waals surface area contributed by atoms with Gasteiger partial charge in [-0.1, -0.05) is 18.2 Å². The van der Waals surface area contributed by atoms with E-state index in [1.54, 1.807) is 23.1 Å². The van der Waals surface area contributed by atoms with Gasteiger partial charge in [0.05, 0.1) is 5.56 Å². The molecule has 0 fully saturated rings. The highest BCUT2D eigenvalue weighted by molar-refractivity contribution is 7.98. The van der Waals surface area contributed by atoms with Gasteiger partial charge in [0.25, 0.3) is 5.91 Å². The molecule has 1 aromatic heterocycles. The molecule has 0 saturated carbocycles. The highest BCUT2D eigenvalue weighted by atomic mass is 32.2. The Hall–Kier alpha value is -1.30. The quantitative estimate of drug-likeness (QED) is 0.722. The van der Waals surface area contributed by atoms with Crippen LogP contribution >= 0.6 is 23.1 Å². The maximum absolute atomic E-state index is 12.3. The summed E-state index contributed by atoms with van der Waals surface area (Å²) in [5.74, 6) is 0.278. The minimum Gasteiger partial charge on any atom is -0.396 e. The lowest BCUT2D eigenvalue weighted by Crippen LogP contribution is -2.26. The number of amides is 1. The summed E-state index contributed by atoms with van der Waals surface area (Å²) in [6.45, 7) is 0.788. The largest absolute Gasteiger partial charge is 0.396 e. The van der Waals surface area contributed by atoms with Gasteiger partial charge in [-0.25, -0.2) is 0 Å². The summed E-state index contributed by atoms with van der Waals surface area (Å²) in [4.78, 5) is 14.5. The van der Waals surface area contributed by atoms with Crippen LogP contribution < -0.4 is 5.32 Å². The molecule has 0 unspecified atom stereocenters. The second-order valence-electron chi connectivity index (χ2n) is 4.97. The predicted molar refractivity (Wildman–Crippen MR) is 93.9 cm³/mol. The molecule has 0 aliphatic heterocycles. The molecule has 2 N–H and O–H groups in total. The zero-order valence-corrected chi connectivity index (χ0v) is 14.3. The third kappa shape index (κ3) is 4.60. The van der Waals surface area contributed by atoms with Crippen LogP contribution in [-0.4, -0.2) is 30.4 Å². The predicted octanol–water partition coefficient (Wildman–Crippen LogP) is 3.76. The first kappa shape index (κ1) is 17.1. The van der Waals surface area contributed by atoms with E-state index >= 15 is 0 Å². The van der Waals surface area contributed by atoms with E-state index in [1.165, 1.54) is 4.88 Å². The molecule has 0 bridgehead atoms. The van der Waals surface area contributed by atoms with Gasteiger partial charge in [0.2, 0.25) is 0 Å². The Morgan fingerprint density at radius 1 is 1.27 bits per heavy atom. The third-order valence-corrected chi connectivity index (χ3v) is 5.38. The van der Waals surface area contributed by atoms with Crippen LogP contribution in [-0.2, 0) is 0 Å². The Morgan fingerprint density at radius 3 is 2.77 bits per heavy atom.